The van der Waals surface area contributed by atoms with Gasteiger partial charge in [0.15, 0.2) is 4.77 Å². The second-order valence-electron chi connectivity index (χ2n) is 6.87. The topological polar surface area (TPSA) is 78.5 Å². The van der Waals surface area contributed by atoms with Crippen LogP contribution >= 0.6 is 23.8 Å². The number of rotatable bonds is 2. The quantitative estimate of drug-likeness (QED) is 0.357. The fraction of sp³-hybridized carbons (Fsp3) is 0.0952. The lowest BCUT2D eigenvalue weighted by Gasteiger charge is -2.27. The van der Waals surface area contributed by atoms with Gasteiger partial charge in [-0.1, -0.05) is 48.0 Å². The minimum Gasteiger partial charge on any atom is -0.326 e. The van der Waals surface area contributed by atoms with Crippen LogP contribution in [0.25, 0.3) is 5.69 Å². The van der Waals surface area contributed by atoms with Crippen LogP contribution in [0.2, 0.25) is 5.02 Å². The molecule has 0 bridgehead atoms. The SMILES string of the molecule is Cc1nn(-c2ccccc2)c2c1C(c1ccccc1Cl)c1c([nH]c(=S)[nH]c1=O)N2. The Bertz CT molecular complexity index is 1360. The smallest absolute Gasteiger partial charge is 0.257 e. The number of nitrogens with one attached hydrogen (secondary N) is 3. The number of para-hydroxylation sites is 1. The molecule has 0 saturated carbocycles. The molecular weight excluding hydrogens is 406 g/mol. The van der Waals surface area contributed by atoms with Gasteiger partial charge in [0, 0.05) is 10.6 Å². The molecule has 29 heavy (non-hydrogen) atoms. The van der Waals surface area contributed by atoms with Crippen molar-refractivity contribution in [1.82, 2.24) is 19.7 Å². The number of anilines is 2. The molecule has 2 aromatic heterocycles. The number of hydrogen-bond donors (Lipinski definition) is 3. The van der Waals surface area contributed by atoms with Crippen LogP contribution in [-0.4, -0.2) is 19.7 Å². The van der Waals surface area contributed by atoms with E-state index in [1.165, 1.54) is 0 Å². The maximum absolute atomic E-state index is 12.9. The Hall–Kier alpha value is -3.16. The number of aromatic nitrogens is 4. The first-order valence-corrected chi connectivity index (χ1v) is 9.86. The van der Waals surface area contributed by atoms with E-state index in [9.17, 15) is 4.79 Å². The molecule has 5 rings (SSSR count). The third-order valence-corrected chi connectivity index (χ3v) is 5.67. The average Bonchev–Trinajstić information content (AvgIpc) is 3.04. The van der Waals surface area contributed by atoms with E-state index in [0.717, 1.165) is 28.3 Å². The molecule has 1 atom stereocenters. The third-order valence-electron chi connectivity index (χ3n) is 5.12. The highest BCUT2D eigenvalue weighted by atomic mass is 35.5. The molecule has 3 heterocycles. The zero-order chi connectivity index (χ0) is 20.1. The first-order valence-electron chi connectivity index (χ1n) is 9.07. The Labute approximate surface area is 176 Å². The summed E-state index contributed by atoms with van der Waals surface area (Å²) in [5.74, 6) is 0.943. The van der Waals surface area contributed by atoms with Gasteiger partial charge in [0.05, 0.1) is 22.9 Å². The lowest BCUT2D eigenvalue weighted by molar-refractivity contribution is 0.863. The Morgan fingerprint density at radius 3 is 2.52 bits per heavy atom. The second kappa shape index (κ2) is 6.72. The van der Waals surface area contributed by atoms with Crippen LogP contribution in [0.3, 0.4) is 0 Å². The van der Waals surface area contributed by atoms with E-state index in [2.05, 4.69) is 15.3 Å². The van der Waals surface area contributed by atoms with Crippen molar-refractivity contribution in [2.45, 2.75) is 12.8 Å². The Morgan fingerprint density at radius 2 is 1.76 bits per heavy atom. The summed E-state index contributed by atoms with van der Waals surface area (Å²) in [5.41, 5.74) is 3.76. The van der Waals surface area contributed by atoms with Gasteiger partial charge in [0.25, 0.3) is 5.56 Å². The highest BCUT2D eigenvalue weighted by Gasteiger charge is 2.36. The predicted octanol–water partition coefficient (Wildman–Crippen LogP) is 4.82. The Kier molecular flexibility index (Phi) is 4.15. The first kappa shape index (κ1) is 17.9. The molecule has 2 aromatic carbocycles. The molecule has 8 heteroatoms. The van der Waals surface area contributed by atoms with Gasteiger partial charge in [-0.2, -0.15) is 5.10 Å². The molecule has 0 radical (unpaired) electrons. The first-order chi connectivity index (χ1) is 14.0. The molecule has 0 aliphatic carbocycles. The normalized spacial score (nSPS) is 14.8. The number of aryl methyl sites for hydroxylation is 1. The van der Waals surface area contributed by atoms with E-state index >= 15 is 0 Å². The monoisotopic (exact) mass is 421 g/mol. The summed E-state index contributed by atoms with van der Waals surface area (Å²) >= 11 is 11.8. The minimum atomic E-state index is -0.386. The van der Waals surface area contributed by atoms with Gasteiger partial charge >= 0.3 is 0 Å². The van der Waals surface area contributed by atoms with Gasteiger partial charge < -0.3 is 10.3 Å². The number of halogens is 1. The van der Waals surface area contributed by atoms with Crippen molar-refractivity contribution in [2.75, 3.05) is 5.32 Å². The molecule has 0 spiro atoms. The predicted molar refractivity (Wildman–Crippen MR) is 116 cm³/mol. The number of H-pyrrole nitrogens is 2. The van der Waals surface area contributed by atoms with Crippen LogP contribution < -0.4 is 10.9 Å². The molecule has 6 nitrogen and oxygen atoms in total. The molecule has 0 fully saturated rings. The molecule has 1 aliphatic rings. The summed E-state index contributed by atoms with van der Waals surface area (Å²) in [6, 6.07) is 17.4. The van der Waals surface area contributed by atoms with Crippen molar-refractivity contribution in [3.05, 3.63) is 97.1 Å². The van der Waals surface area contributed by atoms with E-state index in [1.807, 2.05) is 66.2 Å². The van der Waals surface area contributed by atoms with Crippen LogP contribution in [0.1, 0.15) is 28.3 Å². The number of hydrogen-bond acceptors (Lipinski definition) is 4. The van der Waals surface area contributed by atoms with Crippen LogP contribution in [-0.2, 0) is 0 Å². The van der Waals surface area contributed by atoms with E-state index in [1.54, 1.807) is 0 Å². The summed E-state index contributed by atoms with van der Waals surface area (Å²) < 4.78 is 2.10. The molecule has 3 N–H and O–H groups in total. The highest BCUT2D eigenvalue weighted by molar-refractivity contribution is 7.71. The maximum atomic E-state index is 12.9. The van der Waals surface area contributed by atoms with Gasteiger partial charge in [-0.05, 0) is 42.9 Å². The third kappa shape index (κ3) is 2.82. The van der Waals surface area contributed by atoms with E-state index in [0.29, 0.717) is 16.4 Å². The summed E-state index contributed by atoms with van der Waals surface area (Å²) in [6.45, 7) is 1.94. The van der Waals surface area contributed by atoms with Crippen molar-refractivity contribution in [3.8, 4) is 5.69 Å². The summed E-state index contributed by atoms with van der Waals surface area (Å²) in [7, 11) is 0. The fourth-order valence-electron chi connectivity index (χ4n) is 3.91. The van der Waals surface area contributed by atoms with Crippen molar-refractivity contribution >= 4 is 35.5 Å². The van der Waals surface area contributed by atoms with Crippen LogP contribution in [0.15, 0.2) is 59.4 Å². The highest BCUT2D eigenvalue weighted by Crippen LogP contribution is 2.46. The molecular formula is C21H16ClN5OS. The van der Waals surface area contributed by atoms with E-state index < -0.39 is 0 Å². The molecule has 144 valence electrons. The standard InChI is InChI=1S/C21H16ClN5OS/c1-11-15-16(13-9-5-6-10-14(13)22)17-18(24-21(29)25-20(17)28)23-19(15)27(26-11)12-7-3-2-4-8-12/h2-10,16H,1H3,(H3,23,24,25,28,29). The second-order valence-corrected chi connectivity index (χ2v) is 7.69. The van der Waals surface area contributed by atoms with E-state index in [-0.39, 0.29) is 16.2 Å². The molecule has 1 unspecified atom stereocenters. The van der Waals surface area contributed by atoms with Crippen LogP contribution in [0.4, 0.5) is 11.6 Å². The summed E-state index contributed by atoms with van der Waals surface area (Å²) in [5, 5.41) is 8.69. The summed E-state index contributed by atoms with van der Waals surface area (Å²) in [4.78, 5) is 18.7. The van der Waals surface area contributed by atoms with Crippen molar-refractivity contribution in [1.29, 1.82) is 0 Å². The number of fused-ring (bicyclic) bond motifs is 2. The van der Waals surface area contributed by atoms with Gasteiger partial charge in [-0.3, -0.25) is 9.78 Å². The van der Waals surface area contributed by atoms with Crippen molar-refractivity contribution in [2.24, 2.45) is 0 Å². The zero-order valence-corrected chi connectivity index (χ0v) is 16.9. The maximum Gasteiger partial charge on any atom is 0.257 e. The molecule has 0 saturated heterocycles. The zero-order valence-electron chi connectivity index (χ0n) is 15.4. The lowest BCUT2D eigenvalue weighted by Crippen LogP contribution is -2.26. The van der Waals surface area contributed by atoms with E-state index in [4.69, 9.17) is 28.9 Å². The lowest BCUT2D eigenvalue weighted by atomic mass is 9.83. The number of benzene rings is 2. The number of nitrogens with zero attached hydrogens (tertiary/aromatic N) is 2. The Morgan fingerprint density at radius 1 is 1.03 bits per heavy atom. The van der Waals surface area contributed by atoms with Crippen molar-refractivity contribution in [3.63, 3.8) is 0 Å². The van der Waals surface area contributed by atoms with Crippen LogP contribution in [0.5, 0.6) is 0 Å². The molecule has 1 aliphatic heterocycles. The molecule has 4 aromatic rings. The van der Waals surface area contributed by atoms with Gasteiger partial charge in [0.2, 0.25) is 0 Å². The van der Waals surface area contributed by atoms with Gasteiger partial charge in [-0.25, -0.2) is 4.68 Å². The molecule has 0 amide bonds. The van der Waals surface area contributed by atoms with Crippen LogP contribution in [0, 0.1) is 11.7 Å². The summed E-state index contributed by atoms with van der Waals surface area (Å²) in [6.07, 6.45) is 0. The number of aromatic amines is 2. The minimum absolute atomic E-state index is 0.251. The van der Waals surface area contributed by atoms with Gasteiger partial charge in [-0.15, -0.1) is 0 Å². The average molecular weight is 422 g/mol. The fourth-order valence-corrected chi connectivity index (χ4v) is 4.35. The Balaban J connectivity index is 1.86. The largest absolute Gasteiger partial charge is 0.326 e. The van der Waals surface area contributed by atoms with Crippen molar-refractivity contribution < 1.29 is 0 Å². The van der Waals surface area contributed by atoms with Gasteiger partial charge in [0.1, 0.15) is 11.6 Å².